The molecule has 1 atom stereocenters. The molecule has 2 aromatic rings. The summed E-state index contributed by atoms with van der Waals surface area (Å²) in [6.45, 7) is 1.93. The number of hydrogen-bond donors (Lipinski definition) is 1. The van der Waals surface area contributed by atoms with Crippen LogP contribution in [0.5, 0.6) is 11.5 Å². The molecule has 0 spiro atoms. The zero-order chi connectivity index (χ0) is 18.0. The molecule has 0 saturated heterocycles. The molecule has 0 unspecified atom stereocenters. The summed E-state index contributed by atoms with van der Waals surface area (Å²) in [5, 5.41) is 3.11. The molecule has 1 amide bonds. The molecule has 1 aliphatic rings. The quantitative estimate of drug-likeness (QED) is 0.861. The van der Waals surface area contributed by atoms with Crippen molar-refractivity contribution in [2.45, 2.75) is 17.9 Å². The Kier molecular flexibility index (Phi) is 4.87. The number of amides is 1. The highest BCUT2D eigenvalue weighted by molar-refractivity contribution is 7.92. The Morgan fingerprint density at radius 2 is 1.84 bits per heavy atom. The van der Waals surface area contributed by atoms with Crippen LogP contribution < -0.4 is 14.8 Å². The summed E-state index contributed by atoms with van der Waals surface area (Å²) >= 11 is 5.75. The Bertz CT molecular complexity index is 896. The van der Waals surface area contributed by atoms with Gasteiger partial charge in [0.15, 0.2) is 21.3 Å². The van der Waals surface area contributed by atoms with Gasteiger partial charge in [-0.25, -0.2) is 8.42 Å². The fraction of sp³-hybridized carbons (Fsp3) is 0.235. The van der Waals surface area contributed by atoms with Crippen molar-refractivity contribution in [3.05, 3.63) is 53.1 Å². The van der Waals surface area contributed by atoms with Crippen molar-refractivity contribution in [3.63, 3.8) is 0 Å². The maximum absolute atomic E-state index is 12.3. The first kappa shape index (κ1) is 17.6. The van der Waals surface area contributed by atoms with Gasteiger partial charge >= 0.3 is 0 Å². The number of nitrogens with one attached hydrogen (secondary N) is 1. The molecule has 1 N–H and O–H groups in total. The standard InChI is InChI=1S/C17H16ClNO5S/c1-11(12-2-7-15-16(8-12)24-10-23-15)19-17(20)9-25(21,22)14-5-3-13(18)4-6-14/h2-8,11H,9-10H2,1H3,(H,19,20)/t11-/m1/s1. The van der Waals surface area contributed by atoms with Crippen LogP contribution in [-0.2, 0) is 14.6 Å². The van der Waals surface area contributed by atoms with Crippen LogP contribution >= 0.6 is 11.6 Å². The van der Waals surface area contributed by atoms with E-state index in [1.807, 2.05) is 0 Å². The fourth-order valence-corrected chi connectivity index (χ4v) is 3.72. The van der Waals surface area contributed by atoms with Crippen molar-refractivity contribution < 1.29 is 22.7 Å². The number of ether oxygens (including phenoxy) is 2. The van der Waals surface area contributed by atoms with Crippen LogP contribution in [-0.4, -0.2) is 26.9 Å². The molecule has 0 aromatic heterocycles. The molecule has 0 saturated carbocycles. The van der Waals surface area contributed by atoms with Crippen molar-refractivity contribution in [2.24, 2.45) is 0 Å². The van der Waals surface area contributed by atoms with Crippen molar-refractivity contribution in [3.8, 4) is 11.5 Å². The van der Waals surface area contributed by atoms with Gasteiger partial charge in [0.25, 0.3) is 0 Å². The molecule has 0 fully saturated rings. The maximum Gasteiger partial charge on any atom is 0.236 e. The number of fused-ring (bicyclic) bond motifs is 1. The SMILES string of the molecule is C[C@@H](NC(=O)CS(=O)(=O)c1ccc(Cl)cc1)c1ccc2c(c1)OCO2. The van der Waals surface area contributed by atoms with Crippen LogP contribution in [0.4, 0.5) is 0 Å². The van der Waals surface area contributed by atoms with Gasteiger partial charge in [0.1, 0.15) is 5.75 Å². The predicted octanol–water partition coefficient (Wildman–Crippen LogP) is 2.72. The third-order valence-electron chi connectivity index (χ3n) is 3.77. The van der Waals surface area contributed by atoms with Gasteiger partial charge in [-0.1, -0.05) is 17.7 Å². The highest BCUT2D eigenvalue weighted by Crippen LogP contribution is 2.34. The van der Waals surface area contributed by atoms with E-state index in [0.717, 1.165) is 5.56 Å². The Morgan fingerprint density at radius 3 is 2.56 bits per heavy atom. The summed E-state index contributed by atoms with van der Waals surface area (Å²) in [7, 11) is -3.73. The minimum Gasteiger partial charge on any atom is -0.454 e. The van der Waals surface area contributed by atoms with Crippen LogP contribution in [0, 0.1) is 0 Å². The van der Waals surface area contributed by atoms with Gasteiger partial charge in [0.05, 0.1) is 10.9 Å². The second-order valence-electron chi connectivity index (χ2n) is 5.61. The van der Waals surface area contributed by atoms with Crippen molar-refractivity contribution in [1.29, 1.82) is 0 Å². The lowest BCUT2D eigenvalue weighted by Gasteiger charge is -2.15. The number of halogens is 1. The third-order valence-corrected chi connectivity index (χ3v) is 5.65. The second-order valence-corrected chi connectivity index (χ2v) is 8.04. The molecule has 0 aliphatic carbocycles. The van der Waals surface area contributed by atoms with Crippen molar-refractivity contribution >= 4 is 27.3 Å². The zero-order valence-electron chi connectivity index (χ0n) is 13.4. The Labute approximate surface area is 150 Å². The minimum atomic E-state index is -3.73. The second kappa shape index (κ2) is 6.93. The average molecular weight is 382 g/mol. The van der Waals surface area contributed by atoms with E-state index in [-0.39, 0.29) is 17.7 Å². The van der Waals surface area contributed by atoms with E-state index in [9.17, 15) is 13.2 Å². The van der Waals surface area contributed by atoms with Gasteiger partial charge < -0.3 is 14.8 Å². The van der Waals surface area contributed by atoms with Crippen LogP contribution in [0.3, 0.4) is 0 Å². The molecule has 0 bridgehead atoms. The third kappa shape index (κ3) is 4.05. The van der Waals surface area contributed by atoms with E-state index >= 15 is 0 Å². The number of rotatable bonds is 5. The summed E-state index contributed by atoms with van der Waals surface area (Å²) < 4.78 is 35.1. The smallest absolute Gasteiger partial charge is 0.236 e. The van der Waals surface area contributed by atoms with E-state index in [0.29, 0.717) is 16.5 Å². The van der Waals surface area contributed by atoms with Gasteiger partial charge in [-0.3, -0.25) is 4.79 Å². The summed E-state index contributed by atoms with van der Waals surface area (Å²) in [4.78, 5) is 12.2. The summed E-state index contributed by atoms with van der Waals surface area (Å²) in [5.74, 6) is 0.0314. The summed E-state index contributed by atoms with van der Waals surface area (Å²) in [5.41, 5.74) is 0.793. The minimum absolute atomic E-state index is 0.0581. The lowest BCUT2D eigenvalue weighted by molar-refractivity contribution is -0.119. The molecule has 1 heterocycles. The van der Waals surface area contributed by atoms with Crippen molar-refractivity contribution in [2.75, 3.05) is 12.5 Å². The molecule has 8 heteroatoms. The lowest BCUT2D eigenvalue weighted by atomic mass is 10.1. The van der Waals surface area contributed by atoms with E-state index in [1.165, 1.54) is 24.3 Å². The Hall–Kier alpha value is -2.25. The molecule has 6 nitrogen and oxygen atoms in total. The highest BCUT2D eigenvalue weighted by Gasteiger charge is 2.22. The number of benzene rings is 2. The first-order valence-corrected chi connectivity index (χ1v) is 9.55. The van der Waals surface area contributed by atoms with Gasteiger partial charge in [-0.05, 0) is 48.9 Å². The largest absolute Gasteiger partial charge is 0.454 e. The summed E-state index contributed by atoms with van der Waals surface area (Å²) in [6.07, 6.45) is 0. The van der Waals surface area contributed by atoms with Crippen LogP contribution in [0.2, 0.25) is 5.02 Å². The van der Waals surface area contributed by atoms with E-state index in [2.05, 4.69) is 5.32 Å². The van der Waals surface area contributed by atoms with E-state index in [1.54, 1.807) is 25.1 Å². The number of carbonyl (C=O) groups is 1. The van der Waals surface area contributed by atoms with Gasteiger partial charge in [0.2, 0.25) is 12.7 Å². The van der Waals surface area contributed by atoms with E-state index in [4.69, 9.17) is 21.1 Å². The normalized spacial score (nSPS) is 14.2. The predicted molar refractivity (Wildman–Crippen MR) is 92.6 cm³/mol. The number of hydrogen-bond acceptors (Lipinski definition) is 5. The van der Waals surface area contributed by atoms with Crippen LogP contribution in [0.25, 0.3) is 0 Å². The van der Waals surface area contributed by atoms with Crippen molar-refractivity contribution in [1.82, 2.24) is 5.32 Å². The molecule has 2 aromatic carbocycles. The zero-order valence-corrected chi connectivity index (χ0v) is 14.9. The average Bonchev–Trinajstić information content (AvgIpc) is 3.02. The Morgan fingerprint density at radius 1 is 1.16 bits per heavy atom. The molecular formula is C17H16ClNO5S. The van der Waals surface area contributed by atoms with Crippen LogP contribution in [0.1, 0.15) is 18.5 Å². The maximum atomic E-state index is 12.3. The van der Waals surface area contributed by atoms with Gasteiger partial charge in [-0.2, -0.15) is 0 Å². The first-order valence-electron chi connectivity index (χ1n) is 7.52. The summed E-state index contributed by atoms with van der Waals surface area (Å²) in [6, 6.07) is 10.7. The van der Waals surface area contributed by atoms with Crippen LogP contribution in [0.15, 0.2) is 47.4 Å². The highest BCUT2D eigenvalue weighted by atomic mass is 35.5. The molecule has 132 valence electrons. The van der Waals surface area contributed by atoms with Gasteiger partial charge in [-0.15, -0.1) is 0 Å². The van der Waals surface area contributed by atoms with Gasteiger partial charge in [0, 0.05) is 5.02 Å². The molecule has 0 radical (unpaired) electrons. The topological polar surface area (TPSA) is 81.7 Å². The molecular weight excluding hydrogens is 366 g/mol. The number of carbonyl (C=O) groups excluding carboxylic acids is 1. The molecule has 25 heavy (non-hydrogen) atoms. The Balaban J connectivity index is 1.66. The monoisotopic (exact) mass is 381 g/mol. The molecule has 1 aliphatic heterocycles. The number of sulfone groups is 1. The van der Waals surface area contributed by atoms with E-state index < -0.39 is 21.5 Å². The fourth-order valence-electron chi connectivity index (χ4n) is 2.45. The lowest BCUT2D eigenvalue weighted by Crippen LogP contribution is -2.32. The first-order chi connectivity index (χ1) is 11.8. The molecule has 3 rings (SSSR count).